The molecule has 0 unspecified atom stereocenters. The smallest absolute Gasteiger partial charge is 0.283 e. The molecule has 3 aromatic heterocycles. The molecule has 0 fully saturated rings. The third kappa shape index (κ3) is 5.25. The zero-order chi connectivity index (χ0) is 29.9. The molecule has 3 heterocycles. The fraction of sp³-hybridized carbons (Fsp3) is 0.0312. The molecule has 7 rings (SSSR count). The van der Waals surface area contributed by atoms with Crippen LogP contribution < -0.4 is 5.32 Å². The van der Waals surface area contributed by atoms with Crippen molar-refractivity contribution in [2.75, 3.05) is 5.32 Å². The number of aromatic nitrogens is 7. The van der Waals surface area contributed by atoms with Gasteiger partial charge in [-0.25, -0.2) is 9.67 Å². The lowest BCUT2D eigenvalue weighted by Gasteiger charge is -2.21. The third-order valence-corrected chi connectivity index (χ3v) is 7.96. The standard InChI is InChI=1S/C32H23N9O2S/c42-41(43)27-21-23(30(34-29-17-9-10-20-33-29)40-26-16-8-7-15-25(26)35-38-40)18-19-28(27)44-32-37-36-31(22-11-3-1-4-12-22)39(32)24-13-5-2-6-14-24/h1-21,30H,(H,33,34)/t30-/m0/s1. The summed E-state index contributed by atoms with van der Waals surface area (Å²) in [5.41, 5.74) is 3.73. The summed E-state index contributed by atoms with van der Waals surface area (Å²) in [7, 11) is 0. The Morgan fingerprint density at radius 2 is 1.55 bits per heavy atom. The highest BCUT2D eigenvalue weighted by Gasteiger charge is 2.25. The maximum Gasteiger partial charge on any atom is 0.283 e. The van der Waals surface area contributed by atoms with E-state index < -0.39 is 6.17 Å². The molecule has 0 aliphatic heterocycles. The average molecular weight is 598 g/mol. The number of pyridine rings is 1. The Kier molecular flexibility index (Phi) is 7.22. The van der Waals surface area contributed by atoms with Crippen LogP contribution in [0.2, 0.25) is 0 Å². The monoisotopic (exact) mass is 597 g/mol. The molecule has 1 N–H and O–H groups in total. The van der Waals surface area contributed by atoms with E-state index in [4.69, 9.17) is 0 Å². The molecule has 12 heteroatoms. The number of nitro benzene ring substituents is 1. The molecule has 0 amide bonds. The summed E-state index contributed by atoms with van der Waals surface area (Å²) in [6, 6.07) is 37.6. The van der Waals surface area contributed by atoms with Crippen LogP contribution in [0.15, 0.2) is 138 Å². The van der Waals surface area contributed by atoms with E-state index in [1.54, 1.807) is 23.0 Å². The van der Waals surface area contributed by atoms with Gasteiger partial charge in [0.25, 0.3) is 5.69 Å². The number of benzene rings is 4. The molecule has 4 aromatic carbocycles. The first-order chi connectivity index (χ1) is 21.7. The molecule has 0 saturated carbocycles. The van der Waals surface area contributed by atoms with Gasteiger partial charge in [-0.1, -0.05) is 78.0 Å². The fourth-order valence-electron chi connectivity index (χ4n) is 4.90. The molecule has 0 radical (unpaired) electrons. The van der Waals surface area contributed by atoms with Gasteiger partial charge in [0.1, 0.15) is 17.5 Å². The molecule has 0 saturated heterocycles. The Labute approximate surface area is 255 Å². The van der Waals surface area contributed by atoms with Gasteiger partial charge >= 0.3 is 0 Å². The maximum atomic E-state index is 12.5. The van der Waals surface area contributed by atoms with Gasteiger partial charge in [-0.2, -0.15) is 0 Å². The SMILES string of the molecule is O=[N+]([O-])c1cc([C@@H](Nc2ccccn2)n2nnc3ccccc32)ccc1Sc1nnc(-c2ccccc2)n1-c1ccccc1. The molecule has 11 nitrogen and oxygen atoms in total. The lowest BCUT2D eigenvalue weighted by atomic mass is 10.1. The van der Waals surface area contributed by atoms with E-state index in [1.165, 1.54) is 11.8 Å². The number of nitro groups is 1. The maximum absolute atomic E-state index is 12.5. The summed E-state index contributed by atoms with van der Waals surface area (Å²) < 4.78 is 3.61. The van der Waals surface area contributed by atoms with Crippen LogP contribution in [-0.4, -0.2) is 39.7 Å². The van der Waals surface area contributed by atoms with E-state index in [-0.39, 0.29) is 10.6 Å². The molecule has 0 bridgehead atoms. The van der Waals surface area contributed by atoms with E-state index in [0.29, 0.717) is 32.8 Å². The van der Waals surface area contributed by atoms with Crippen molar-refractivity contribution in [1.29, 1.82) is 0 Å². The van der Waals surface area contributed by atoms with Gasteiger partial charge in [-0.3, -0.25) is 14.7 Å². The van der Waals surface area contributed by atoms with Crippen molar-refractivity contribution in [2.45, 2.75) is 16.2 Å². The molecule has 0 aliphatic rings. The third-order valence-electron chi connectivity index (χ3n) is 6.95. The minimum absolute atomic E-state index is 0.0754. The zero-order valence-corrected chi connectivity index (χ0v) is 23.8. The van der Waals surface area contributed by atoms with Crippen molar-refractivity contribution in [3.63, 3.8) is 0 Å². The van der Waals surface area contributed by atoms with Crippen LogP contribution >= 0.6 is 11.8 Å². The second kappa shape index (κ2) is 11.8. The van der Waals surface area contributed by atoms with Crippen LogP contribution in [0.1, 0.15) is 11.7 Å². The molecule has 1 atom stereocenters. The number of hydrogen-bond donors (Lipinski definition) is 1. The van der Waals surface area contributed by atoms with E-state index >= 15 is 0 Å². The first kappa shape index (κ1) is 27.0. The topological polar surface area (TPSA) is 129 Å². The largest absolute Gasteiger partial charge is 0.345 e. The summed E-state index contributed by atoms with van der Waals surface area (Å²) in [4.78, 5) is 16.9. The Morgan fingerprint density at radius 3 is 2.32 bits per heavy atom. The van der Waals surface area contributed by atoms with Crippen LogP contribution in [0.5, 0.6) is 0 Å². The second-order valence-corrected chi connectivity index (χ2v) is 10.7. The number of anilines is 1. The van der Waals surface area contributed by atoms with Gasteiger partial charge in [0.05, 0.1) is 15.3 Å². The molecule has 7 aromatic rings. The van der Waals surface area contributed by atoms with E-state index in [9.17, 15) is 10.1 Å². The van der Waals surface area contributed by atoms with Crippen LogP contribution in [0.25, 0.3) is 28.1 Å². The fourth-order valence-corrected chi connectivity index (χ4v) is 5.84. The van der Waals surface area contributed by atoms with Crippen molar-refractivity contribution in [3.05, 3.63) is 143 Å². The number of nitrogens with one attached hydrogen (secondary N) is 1. The first-order valence-electron chi connectivity index (χ1n) is 13.7. The Morgan fingerprint density at radius 1 is 0.795 bits per heavy atom. The normalized spacial score (nSPS) is 11.8. The number of rotatable bonds is 9. The van der Waals surface area contributed by atoms with Gasteiger partial charge in [-0.05, 0) is 54.2 Å². The quantitative estimate of drug-likeness (QED) is 0.141. The van der Waals surface area contributed by atoms with E-state index in [1.807, 2.05) is 114 Å². The van der Waals surface area contributed by atoms with Gasteiger partial charge < -0.3 is 5.32 Å². The van der Waals surface area contributed by atoms with Gasteiger partial charge in [0.15, 0.2) is 5.82 Å². The van der Waals surface area contributed by atoms with Gasteiger partial charge in [0, 0.05) is 29.1 Å². The Hall–Kier alpha value is -5.88. The molecular formula is C32H23N9O2S. The predicted octanol–water partition coefficient (Wildman–Crippen LogP) is 6.79. The highest BCUT2D eigenvalue weighted by Crippen LogP contribution is 2.39. The van der Waals surface area contributed by atoms with Gasteiger partial charge in [0.2, 0.25) is 5.16 Å². The van der Waals surface area contributed by atoms with Gasteiger partial charge in [-0.15, -0.1) is 15.3 Å². The summed E-state index contributed by atoms with van der Waals surface area (Å²) in [6.45, 7) is 0. The average Bonchev–Trinajstić information content (AvgIpc) is 3.70. The highest BCUT2D eigenvalue weighted by atomic mass is 32.2. The Balaban J connectivity index is 1.31. The highest BCUT2D eigenvalue weighted by molar-refractivity contribution is 7.99. The summed E-state index contributed by atoms with van der Waals surface area (Å²) in [5.74, 6) is 1.22. The zero-order valence-electron chi connectivity index (χ0n) is 23.0. The Bertz CT molecular complexity index is 2070. The summed E-state index contributed by atoms with van der Waals surface area (Å²) in [6.07, 6.45) is 1.04. The van der Waals surface area contributed by atoms with Crippen LogP contribution in [0.4, 0.5) is 11.5 Å². The molecule has 0 aliphatic carbocycles. The first-order valence-corrected chi connectivity index (χ1v) is 14.5. The lowest BCUT2D eigenvalue weighted by Crippen LogP contribution is -2.21. The molecule has 214 valence electrons. The molecular weight excluding hydrogens is 574 g/mol. The van der Waals surface area contributed by atoms with Crippen LogP contribution in [-0.2, 0) is 0 Å². The van der Waals surface area contributed by atoms with E-state index in [0.717, 1.165) is 16.8 Å². The molecule has 44 heavy (non-hydrogen) atoms. The van der Waals surface area contributed by atoms with Crippen molar-refractivity contribution >= 4 is 34.3 Å². The number of hydrogen-bond acceptors (Lipinski definition) is 9. The van der Waals surface area contributed by atoms with Crippen LogP contribution in [0, 0.1) is 10.1 Å². The van der Waals surface area contributed by atoms with Crippen LogP contribution in [0.3, 0.4) is 0 Å². The molecule has 0 spiro atoms. The number of fused-ring (bicyclic) bond motifs is 1. The predicted molar refractivity (Wildman–Crippen MR) is 168 cm³/mol. The lowest BCUT2D eigenvalue weighted by molar-refractivity contribution is -0.387. The summed E-state index contributed by atoms with van der Waals surface area (Å²) in [5, 5.41) is 34.0. The van der Waals surface area contributed by atoms with Crippen molar-refractivity contribution in [2.24, 2.45) is 0 Å². The minimum atomic E-state index is -0.632. The minimum Gasteiger partial charge on any atom is -0.345 e. The van der Waals surface area contributed by atoms with E-state index in [2.05, 4.69) is 30.8 Å². The number of para-hydroxylation sites is 2. The van der Waals surface area contributed by atoms with Crippen molar-refractivity contribution in [1.82, 2.24) is 34.7 Å². The second-order valence-electron chi connectivity index (χ2n) is 9.71. The van der Waals surface area contributed by atoms with Crippen molar-refractivity contribution in [3.8, 4) is 17.1 Å². The number of nitrogens with zero attached hydrogens (tertiary/aromatic N) is 8. The van der Waals surface area contributed by atoms with Crippen molar-refractivity contribution < 1.29 is 4.92 Å². The summed E-state index contributed by atoms with van der Waals surface area (Å²) >= 11 is 1.18.